The zero-order valence-electron chi connectivity index (χ0n) is 10.8. The van der Waals surface area contributed by atoms with Crippen LogP contribution in [0, 0.1) is 19.8 Å². The Hall–Kier alpha value is -0.450. The SMILES string of the molecule is COCCNC(c1nc(C)c(C)s1)C(C)C. The number of hydrogen-bond donors (Lipinski definition) is 1. The summed E-state index contributed by atoms with van der Waals surface area (Å²) in [6.45, 7) is 10.3. The van der Waals surface area contributed by atoms with Crippen molar-refractivity contribution in [3.05, 3.63) is 15.6 Å². The van der Waals surface area contributed by atoms with Crippen LogP contribution in [0.2, 0.25) is 0 Å². The minimum Gasteiger partial charge on any atom is -0.383 e. The quantitative estimate of drug-likeness (QED) is 0.779. The van der Waals surface area contributed by atoms with Gasteiger partial charge in [-0.15, -0.1) is 11.3 Å². The lowest BCUT2D eigenvalue weighted by molar-refractivity contribution is 0.192. The van der Waals surface area contributed by atoms with Gasteiger partial charge in [0.05, 0.1) is 18.3 Å². The number of nitrogens with one attached hydrogen (secondary N) is 1. The Labute approximate surface area is 102 Å². The molecule has 0 bridgehead atoms. The van der Waals surface area contributed by atoms with E-state index < -0.39 is 0 Å². The van der Waals surface area contributed by atoms with Gasteiger partial charge in [0, 0.05) is 18.5 Å². The Morgan fingerprint density at radius 1 is 1.38 bits per heavy atom. The van der Waals surface area contributed by atoms with Gasteiger partial charge in [-0.05, 0) is 19.8 Å². The van der Waals surface area contributed by atoms with E-state index in [1.54, 1.807) is 18.4 Å². The molecule has 4 heteroatoms. The van der Waals surface area contributed by atoms with Gasteiger partial charge in [-0.1, -0.05) is 13.8 Å². The average molecular weight is 242 g/mol. The van der Waals surface area contributed by atoms with Crippen molar-refractivity contribution in [1.82, 2.24) is 10.3 Å². The molecule has 92 valence electrons. The van der Waals surface area contributed by atoms with Crippen molar-refractivity contribution in [3.8, 4) is 0 Å². The van der Waals surface area contributed by atoms with Gasteiger partial charge in [0.1, 0.15) is 5.01 Å². The van der Waals surface area contributed by atoms with Gasteiger partial charge in [0.25, 0.3) is 0 Å². The third-order valence-corrected chi connectivity index (χ3v) is 3.80. The van der Waals surface area contributed by atoms with E-state index in [1.165, 1.54) is 9.88 Å². The number of nitrogens with zero attached hydrogens (tertiary/aromatic N) is 1. The van der Waals surface area contributed by atoms with Crippen LogP contribution in [-0.4, -0.2) is 25.2 Å². The van der Waals surface area contributed by atoms with E-state index in [0.717, 1.165) is 18.8 Å². The zero-order valence-corrected chi connectivity index (χ0v) is 11.6. The molecular formula is C12H22N2OS. The number of hydrogen-bond acceptors (Lipinski definition) is 4. The van der Waals surface area contributed by atoms with Crippen molar-refractivity contribution in [2.75, 3.05) is 20.3 Å². The molecule has 1 heterocycles. The van der Waals surface area contributed by atoms with Gasteiger partial charge in [0.15, 0.2) is 0 Å². The molecular weight excluding hydrogens is 220 g/mol. The van der Waals surface area contributed by atoms with E-state index in [2.05, 4.69) is 38.0 Å². The fourth-order valence-electron chi connectivity index (χ4n) is 1.56. The Kier molecular flexibility index (Phi) is 5.38. The Bertz CT molecular complexity index is 303. The molecule has 0 saturated carbocycles. The first-order valence-electron chi connectivity index (χ1n) is 5.72. The van der Waals surface area contributed by atoms with E-state index in [9.17, 15) is 0 Å². The predicted octanol–water partition coefficient (Wildman–Crippen LogP) is 2.69. The van der Waals surface area contributed by atoms with Crippen molar-refractivity contribution in [3.63, 3.8) is 0 Å². The van der Waals surface area contributed by atoms with Gasteiger partial charge >= 0.3 is 0 Å². The summed E-state index contributed by atoms with van der Waals surface area (Å²) < 4.78 is 5.06. The highest BCUT2D eigenvalue weighted by molar-refractivity contribution is 7.11. The highest BCUT2D eigenvalue weighted by Gasteiger charge is 2.19. The number of ether oxygens (including phenoxy) is 1. The van der Waals surface area contributed by atoms with Crippen LogP contribution in [0.3, 0.4) is 0 Å². The normalized spacial score (nSPS) is 13.4. The number of aryl methyl sites for hydroxylation is 2. The van der Waals surface area contributed by atoms with Crippen LogP contribution in [0.25, 0.3) is 0 Å². The predicted molar refractivity (Wildman–Crippen MR) is 69.0 cm³/mol. The van der Waals surface area contributed by atoms with E-state index in [-0.39, 0.29) is 0 Å². The zero-order chi connectivity index (χ0) is 12.1. The number of rotatable bonds is 6. The fourth-order valence-corrected chi connectivity index (χ4v) is 2.73. The third kappa shape index (κ3) is 3.54. The molecule has 1 aromatic heterocycles. The van der Waals surface area contributed by atoms with Crippen molar-refractivity contribution in [1.29, 1.82) is 0 Å². The molecule has 1 unspecified atom stereocenters. The Morgan fingerprint density at radius 3 is 2.50 bits per heavy atom. The highest BCUT2D eigenvalue weighted by Crippen LogP contribution is 2.27. The molecule has 1 N–H and O–H groups in total. The molecule has 0 aromatic carbocycles. The largest absolute Gasteiger partial charge is 0.383 e. The molecule has 3 nitrogen and oxygen atoms in total. The second-order valence-corrected chi connectivity index (χ2v) is 5.60. The van der Waals surface area contributed by atoms with Crippen molar-refractivity contribution < 1.29 is 4.74 Å². The van der Waals surface area contributed by atoms with Crippen molar-refractivity contribution >= 4 is 11.3 Å². The van der Waals surface area contributed by atoms with Crippen molar-refractivity contribution in [2.24, 2.45) is 5.92 Å². The lowest BCUT2D eigenvalue weighted by Gasteiger charge is -2.19. The molecule has 0 saturated heterocycles. The first-order chi connectivity index (χ1) is 7.56. The maximum atomic E-state index is 5.06. The molecule has 0 fully saturated rings. The summed E-state index contributed by atoms with van der Waals surface area (Å²) in [5, 5.41) is 4.70. The minimum atomic E-state index is 0.340. The summed E-state index contributed by atoms with van der Waals surface area (Å²) in [6.07, 6.45) is 0. The molecule has 0 aliphatic carbocycles. The smallest absolute Gasteiger partial charge is 0.110 e. The van der Waals surface area contributed by atoms with Crippen LogP contribution in [-0.2, 0) is 4.74 Å². The third-order valence-electron chi connectivity index (χ3n) is 2.65. The first-order valence-corrected chi connectivity index (χ1v) is 6.54. The van der Waals surface area contributed by atoms with Crippen LogP contribution in [0.15, 0.2) is 0 Å². The molecule has 0 spiro atoms. The minimum absolute atomic E-state index is 0.340. The summed E-state index contributed by atoms with van der Waals surface area (Å²) in [4.78, 5) is 5.94. The van der Waals surface area contributed by atoms with Crippen LogP contribution in [0.5, 0.6) is 0 Å². The Morgan fingerprint density at radius 2 is 2.06 bits per heavy atom. The van der Waals surface area contributed by atoms with E-state index in [1.807, 2.05) is 0 Å². The number of thiazole rings is 1. The van der Waals surface area contributed by atoms with E-state index in [0.29, 0.717) is 12.0 Å². The second-order valence-electron chi connectivity index (χ2n) is 4.36. The van der Waals surface area contributed by atoms with E-state index >= 15 is 0 Å². The molecule has 1 aromatic rings. The monoisotopic (exact) mass is 242 g/mol. The maximum Gasteiger partial charge on any atom is 0.110 e. The van der Waals surface area contributed by atoms with Gasteiger partial charge in [-0.25, -0.2) is 4.98 Å². The number of aromatic nitrogens is 1. The lowest BCUT2D eigenvalue weighted by Crippen LogP contribution is -2.28. The molecule has 0 aliphatic rings. The Balaban J connectivity index is 2.69. The lowest BCUT2D eigenvalue weighted by atomic mass is 10.1. The summed E-state index contributed by atoms with van der Waals surface area (Å²) >= 11 is 1.79. The average Bonchev–Trinajstić information content (AvgIpc) is 2.53. The molecule has 0 aliphatic heterocycles. The van der Waals surface area contributed by atoms with Crippen molar-refractivity contribution in [2.45, 2.75) is 33.7 Å². The van der Waals surface area contributed by atoms with Crippen LogP contribution in [0.1, 0.15) is 35.5 Å². The summed E-state index contributed by atoms with van der Waals surface area (Å²) in [7, 11) is 1.73. The standard InChI is InChI=1S/C12H22N2OS/c1-8(2)11(13-6-7-15-5)12-14-9(3)10(4)16-12/h8,11,13H,6-7H2,1-5H3. The maximum absolute atomic E-state index is 5.06. The summed E-state index contributed by atoms with van der Waals surface area (Å²) in [6, 6.07) is 0.340. The molecule has 1 rings (SSSR count). The van der Waals surface area contributed by atoms with Gasteiger partial charge in [0.2, 0.25) is 0 Å². The summed E-state index contributed by atoms with van der Waals surface area (Å²) in [5.41, 5.74) is 1.15. The molecule has 16 heavy (non-hydrogen) atoms. The number of methoxy groups -OCH3 is 1. The van der Waals surface area contributed by atoms with Gasteiger partial charge in [-0.3, -0.25) is 0 Å². The molecule has 0 radical (unpaired) electrons. The first kappa shape index (κ1) is 13.6. The van der Waals surface area contributed by atoms with Gasteiger partial charge in [-0.2, -0.15) is 0 Å². The van der Waals surface area contributed by atoms with E-state index in [4.69, 9.17) is 4.74 Å². The molecule has 0 amide bonds. The van der Waals surface area contributed by atoms with Crippen LogP contribution >= 0.6 is 11.3 Å². The van der Waals surface area contributed by atoms with Crippen LogP contribution < -0.4 is 5.32 Å². The fraction of sp³-hybridized carbons (Fsp3) is 0.750. The van der Waals surface area contributed by atoms with Crippen LogP contribution in [0.4, 0.5) is 0 Å². The second kappa shape index (κ2) is 6.33. The highest BCUT2D eigenvalue weighted by atomic mass is 32.1. The topological polar surface area (TPSA) is 34.1 Å². The summed E-state index contributed by atoms with van der Waals surface area (Å²) in [5.74, 6) is 0.543. The molecule has 1 atom stereocenters. The van der Waals surface area contributed by atoms with Gasteiger partial charge < -0.3 is 10.1 Å².